The molecule has 1 unspecified atom stereocenters. The monoisotopic (exact) mass is 407 g/mol. The number of Topliss-reactive ketones (excluding diaryl/α,β-unsaturated/α-hetero) is 1. The Kier molecular flexibility index (Phi) is 3.77. The average molecular weight is 408 g/mol. The first-order valence-corrected chi connectivity index (χ1v) is 7.02. The van der Waals surface area contributed by atoms with E-state index in [4.69, 9.17) is 4.74 Å². The Morgan fingerprint density at radius 1 is 1.41 bits per heavy atom. The summed E-state index contributed by atoms with van der Waals surface area (Å²) in [6, 6.07) is 7.83. The van der Waals surface area contributed by atoms with Crippen molar-refractivity contribution < 1.29 is 9.53 Å². The highest BCUT2D eigenvalue weighted by molar-refractivity contribution is 14.1. The molecule has 0 aliphatic carbocycles. The molecule has 1 atom stereocenters. The molecule has 0 spiro atoms. The van der Waals surface area contributed by atoms with Crippen LogP contribution in [0.15, 0.2) is 30.1 Å². The lowest BCUT2D eigenvalue weighted by Gasteiger charge is -2.15. The Morgan fingerprint density at radius 2 is 2.12 bits per heavy atom. The van der Waals surface area contributed by atoms with Gasteiger partial charge in [0, 0.05) is 17.7 Å². The molecule has 0 fully saturated rings. The first-order valence-electron chi connectivity index (χ1n) is 5.03. The van der Waals surface area contributed by atoms with E-state index < -0.39 is 5.01 Å². The molecule has 1 aromatic rings. The fourth-order valence-corrected chi connectivity index (χ4v) is 2.62. The molecule has 5 heteroatoms. The van der Waals surface area contributed by atoms with Gasteiger partial charge in [0.2, 0.25) is 16.7 Å². The summed E-state index contributed by atoms with van der Waals surface area (Å²) in [5.74, 6) is 0.578. The van der Waals surface area contributed by atoms with E-state index in [0.29, 0.717) is 11.5 Å². The third-order valence-corrected chi connectivity index (χ3v) is 3.67. The fourth-order valence-electron chi connectivity index (χ4n) is 1.67. The predicted molar refractivity (Wildman–Crippen MR) is 78.6 cm³/mol. The molecule has 0 saturated carbocycles. The number of ether oxygens (including phenoxy) is 1. The van der Waals surface area contributed by atoms with Crippen LogP contribution in [0, 0.1) is 3.57 Å². The van der Waals surface area contributed by atoms with Gasteiger partial charge in [-0.05, 0) is 56.2 Å². The number of carbonyl (C=O) groups excluding carboxylic acids is 1. The standard InChI is InChI=1S/C12H11BrINO2/c1-15(2)12-9(10(16)11(13)17-12)7-4-3-5-8(14)6-7/h3-6,11H,1-2H3. The minimum absolute atomic E-state index is 0.0318. The van der Waals surface area contributed by atoms with Crippen LogP contribution >= 0.6 is 38.5 Å². The van der Waals surface area contributed by atoms with Crippen molar-refractivity contribution in [1.29, 1.82) is 0 Å². The molecule has 0 radical (unpaired) electrons. The van der Waals surface area contributed by atoms with Crippen molar-refractivity contribution in [2.45, 2.75) is 5.01 Å². The quantitative estimate of drug-likeness (QED) is 0.557. The number of rotatable bonds is 2. The lowest BCUT2D eigenvalue weighted by molar-refractivity contribution is -0.116. The number of alkyl halides is 1. The topological polar surface area (TPSA) is 29.5 Å². The van der Waals surface area contributed by atoms with Gasteiger partial charge in [-0.1, -0.05) is 12.1 Å². The van der Waals surface area contributed by atoms with Crippen LogP contribution in [0.5, 0.6) is 0 Å². The Hall–Kier alpha value is -0.560. The molecule has 90 valence electrons. The molecular formula is C12H11BrINO2. The van der Waals surface area contributed by atoms with Crippen molar-refractivity contribution in [2.75, 3.05) is 14.1 Å². The summed E-state index contributed by atoms with van der Waals surface area (Å²) in [5, 5.41) is -0.576. The molecule has 3 nitrogen and oxygen atoms in total. The molecule has 1 heterocycles. The van der Waals surface area contributed by atoms with Crippen LogP contribution in [0.2, 0.25) is 0 Å². The van der Waals surface area contributed by atoms with E-state index in [1.807, 2.05) is 43.3 Å². The molecule has 0 saturated heterocycles. The number of carbonyl (C=O) groups is 1. The van der Waals surface area contributed by atoms with E-state index in [1.165, 1.54) is 0 Å². The van der Waals surface area contributed by atoms with Crippen LogP contribution in [0.4, 0.5) is 0 Å². The zero-order chi connectivity index (χ0) is 12.6. The number of ketones is 1. The highest BCUT2D eigenvalue weighted by Gasteiger charge is 2.35. The van der Waals surface area contributed by atoms with Crippen molar-refractivity contribution in [1.82, 2.24) is 4.90 Å². The van der Waals surface area contributed by atoms with E-state index in [-0.39, 0.29) is 5.78 Å². The number of halogens is 2. The van der Waals surface area contributed by atoms with Crippen molar-refractivity contribution in [3.63, 3.8) is 0 Å². The van der Waals surface area contributed by atoms with Crippen LogP contribution < -0.4 is 0 Å². The maximum atomic E-state index is 12.1. The second kappa shape index (κ2) is 4.97. The van der Waals surface area contributed by atoms with Crippen molar-refractivity contribution in [3.05, 3.63) is 39.3 Å². The van der Waals surface area contributed by atoms with Gasteiger partial charge in [-0.2, -0.15) is 0 Å². The molecule has 0 amide bonds. The first-order chi connectivity index (χ1) is 8.00. The Balaban J connectivity index is 2.53. The number of nitrogens with zero attached hydrogens (tertiary/aromatic N) is 1. The number of hydrogen-bond donors (Lipinski definition) is 0. The van der Waals surface area contributed by atoms with E-state index in [0.717, 1.165) is 9.13 Å². The van der Waals surface area contributed by atoms with E-state index in [1.54, 1.807) is 0 Å². The van der Waals surface area contributed by atoms with Gasteiger partial charge >= 0.3 is 0 Å². The zero-order valence-corrected chi connectivity index (χ0v) is 13.1. The average Bonchev–Trinajstić information content (AvgIpc) is 2.56. The number of benzene rings is 1. The van der Waals surface area contributed by atoms with Gasteiger partial charge in [0.05, 0.1) is 5.57 Å². The summed E-state index contributed by atoms with van der Waals surface area (Å²) < 4.78 is 6.61. The normalized spacial score (nSPS) is 19.5. The summed E-state index contributed by atoms with van der Waals surface area (Å²) in [7, 11) is 3.73. The maximum absolute atomic E-state index is 12.1. The predicted octanol–water partition coefficient (Wildman–Crippen LogP) is 2.84. The molecule has 0 bridgehead atoms. The third kappa shape index (κ3) is 2.49. The van der Waals surface area contributed by atoms with Crippen molar-refractivity contribution >= 4 is 49.9 Å². The van der Waals surface area contributed by atoms with Gasteiger partial charge < -0.3 is 9.64 Å². The minimum atomic E-state index is -0.576. The van der Waals surface area contributed by atoms with Crippen LogP contribution in [0.1, 0.15) is 5.56 Å². The molecule has 0 N–H and O–H groups in total. The van der Waals surface area contributed by atoms with E-state index in [2.05, 4.69) is 38.5 Å². The van der Waals surface area contributed by atoms with Crippen LogP contribution in [0.25, 0.3) is 5.57 Å². The summed E-state index contributed by atoms with van der Waals surface area (Å²) in [6.45, 7) is 0. The molecule has 2 rings (SSSR count). The lowest BCUT2D eigenvalue weighted by Crippen LogP contribution is -2.13. The van der Waals surface area contributed by atoms with Crippen LogP contribution in [-0.4, -0.2) is 29.8 Å². The van der Waals surface area contributed by atoms with Crippen LogP contribution in [-0.2, 0) is 9.53 Å². The molecule has 1 aliphatic heterocycles. The van der Waals surface area contributed by atoms with Gasteiger partial charge in [-0.25, -0.2) is 0 Å². The van der Waals surface area contributed by atoms with Gasteiger partial charge in [0.1, 0.15) is 0 Å². The Bertz CT molecular complexity index is 499. The van der Waals surface area contributed by atoms with Gasteiger partial charge in [-0.15, -0.1) is 0 Å². The highest BCUT2D eigenvalue weighted by atomic mass is 127. The van der Waals surface area contributed by atoms with E-state index in [9.17, 15) is 4.79 Å². The van der Waals surface area contributed by atoms with E-state index >= 15 is 0 Å². The summed E-state index contributed by atoms with van der Waals surface area (Å²) in [5.41, 5.74) is 1.53. The van der Waals surface area contributed by atoms with Crippen LogP contribution in [0.3, 0.4) is 0 Å². The van der Waals surface area contributed by atoms with Crippen molar-refractivity contribution in [2.24, 2.45) is 0 Å². The molecule has 1 aromatic carbocycles. The molecular weight excluding hydrogens is 397 g/mol. The molecule has 1 aliphatic rings. The Morgan fingerprint density at radius 3 is 2.71 bits per heavy atom. The summed E-state index contributed by atoms with van der Waals surface area (Å²) >= 11 is 5.46. The van der Waals surface area contributed by atoms with Crippen molar-refractivity contribution in [3.8, 4) is 0 Å². The Labute approximate surface area is 122 Å². The third-order valence-electron chi connectivity index (χ3n) is 2.40. The molecule has 17 heavy (non-hydrogen) atoms. The number of hydrogen-bond acceptors (Lipinski definition) is 3. The summed E-state index contributed by atoms with van der Waals surface area (Å²) in [4.78, 5) is 13.9. The fraction of sp³-hybridized carbons (Fsp3) is 0.250. The SMILES string of the molecule is CN(C)C1=C(c2cccc(I)c2)C(=O)C(Br)O1. The smallest absolute Gasteiger partial charge is 0.220 e. The molecule has 0 aromatic heterocycles. The largest absolute Gasteiger partial charge is 0.455 e. The second-order valence-corrected chi connectivity index (χ2v) is 5.96. The highest BCUT2D eigenvalue weighted by Crippen LogP contribution is 2.33. The second-order valence-electron chi connectivity index (χ2n) is 3.88. The lowest BCUT2D eigenvalue weighted by atomic mass is 10.0. The van der Waals surface area contributed by atoms with Gasteiger partial charge in [0.25, 0.3) is 0 Å². The maximum Gasteiger partial charge on any atom is 0.220 e. The zero-order valence-electron chi connectivity index (χ0n) is 9.41. The van der Waals surface area contributed by atoms with Gasteiger partial charge in [-0.3, -0.25) is 4.79 Å². The summed E-state index contributed by atoms with van der Waals surface area (Å²) in [6.07, 6.45) is 0. The minimum Gasteiger partial charge on any atom is -0.455 e. The van der Waals surface area contributed by atoms with Gasteiger partial charge in [0.15, 0.2) is 0 Å². The first kappa shape index (κ1) is 12.9.